The van der Waals surface area contributed by atoms with Crippen LogP contribution >= 0.6 is 0 Å². The molecule has 6 heteroatoms. The summed E-state index contributed by atoms with van der Waals surface area (Å²) in [4.78, 5) is 16.8. The molecule has 0 spiro atoms. The van der Waals surface area contributed by atoms with E-state index < -0.39 is 5.63 Å². The fourth-order valence-corrected chi connectivity index (χ4v) is 2.97. The van der Waals surface area contributed by atoms with Gasteiger partial charge < -0.3 is 8.83 Å². The maximum absolute atomic E-state index is 12.4. The lowest BCUT2D eigenvalue weighted by atomic mass is 10.1. The highest BCUT2D eigenvalue weighted by atomic mass is 16.4. The largest absolute Gasteiger partial charge is 0.422 e. The van der Waals surface area contributed by atoms with Crippen LogP contribution in [0, 0.1) is 6.92 Å². The van der Waals surface area contributed by atoms with Gasteiger partial charge in [0.2, 0.25) is 0 Å². The number of hydrogen-bond donors (Lipinski definition) is 0. The van der Waals surface area contributed by atoms with Crippen LogP contribution in [0.2, 0.25) is 0 Å². The van der Waals surface area contributed by atoms with Gasteiger partial charge in [0.1, 0.15) is 11.1 Å². The molecule has 0 N–H and O–H groups in total. The second-order valence-corrected chi connectivity index (χ2v) is 5.83. The van der Waals surface area contributed by atoms with Crippen molar-refractivity contribution in [2.24, 2.45) is 0 Å². The molecule has 120 valence electrons. The Labute approximate surface area is 141 Å². The topological polar surface area (TPSA) is 82.0 Å². The fraction of sp³-hybridized carbons (Fsp3) is 0.0526. The molecular weight excluding hydrogens is 318 g/mol. The fourth-order valence-electron chi connectivity index (χ4n) is 2.97. The number of aromatic nitrogens is 3. The minimum absolute atomic E-state index is 0.0902. The molecule has 0 unspecified atom stereocenters. The minimum atomic E-state index is -0.518. The molecule has 5 rings (SSSR count). The van der Waals surface area contributed by atoms with Gasteiger partial charge in [-0.2, -0.15) is 0 Å². The van der Waals surface area contributed by atoms with Crippen LogP contribution < -0.4 is 5.63 Å². The van der Waals surface area contributed by atoms with E-state index in [2.05, 4.69) is 15.2 Å². The highest BCUT2D eigenvalue weighted by molar-refractivity contribution is 5.93. The first-order valence-electron chi connectivity index (χ1n) is 7.76. The van der Waals surface area contributed by atoms with Crippen molar-refractivity contribution < 1.29 is 8.83 Å². The van der Waals surface area contributed by atoms with Crippen molar-refractivity contribution in [3.63, 3.8) is 0 Å². The number of benzene rings is 2. The monoisotopic (exact) mass is 329 g/mol. The van der Waals surface area contributed by atoms with Gasteiger partial charge in [-0.25, -0.2) is 9.78 Å². The summed E-state index contributed by atoms with van der Waals surface area (Å²) < 4.78 is 11.2. The summed E-state index contributed by atoms with van der Waals surface area (Å²) in [6, 6.07) is 14.9. The number of nitrogens with zero attached hydrogens (tertiary/aromatic N) is 3. The zero-order chi connectivity index (χ0) is 17.0. The molecule has 6 nitrogen and oxygen atoms in total. The van der Waals surface area contributed by atoms with Crippen molar-refractivity contribution in [3.05, 3.63) is 64.5 Å². The van der Waals surface area contributed by atoms with Gasteiger partial charge in [0.05, 0.1) is 5.52 Å². The lowest BCUT2D eigenvalue weighted by molar-refractivity contribution is 0.516. The smallest absolute Gasteiger partial charge is 0.349 e. The Balaban J connectivity index is 1.77. The van der Waals surface area contributed by atoms with Crippen molar-refractivity contribution in [1.82, 2.24) is 15.2 Å². The minimum Gasteiger partial charge on any atom is -0.422 e. The summed E-state index contributed by atoms with van der Waals surface area (Å²) in [5, 5.41) is 9.93. The molecule has 25 heavy (non-hydrogen) atoms. The standard InChI is InChI=1S/C19H11N3O3/c1-10-5-4-6-11-9-13(19(23)24-16(10)11)17-22-21-15-12-7-2-3-8-14(12)20-18(15)25-17/h2-9H,1H3. The summed E-state index contributed by atoms with van der Waals surface area (Å²) in [5.41, 5.74) is 2.50. The normalized spacial score (nSPS) is 11.6. The first kappa shape index (κ1) is 13.9. The summed E-state index contributed by atoms with van der Waals surface area (Å²) in [6.45, 7) is 1.89. The molecule has 2 aliphatic heterocycles. The van der Waals surface area contributed by atoms with Crippen LogP contribution in [0.5, 0.6) is 0 Å². The van der Waals surface area contributed by atoms with Crippen molar-refractivity contribution in [2.75, 3.05) is 0 Å². The van der Waals surface area contributed by atoms with E-state index in [1.807, 2.05) is 49.4 Å². The van der Waals surface area contributed by atoms with E-state index in [1.165, 1.54) is 0 Å². The zero-order valence-corrected chi connectivity index (χ0v) is 13.2. The first-order chi connectivity index (χ1) is 12.2. The third kappa shape index (κ3) is 2.04. The number of para-hydroxylation sites is 2. The van der Waals surface area contributed by atoms with Crippen LogP contribution in [0.25, 0.3) is 44.9 Å². The predicted molar refractivity (Wildman–Crippen MR) is 92.4 cm³/mol. The third-order valence-corrected chi connectivity index (χ3v) is 4.21. The molecule has 0 saturated carbocycles. The molecule has 0 atom stereocenters. The van der Waals surface area contributed by atoms with Gasteiger partial charge in [-0.1, -0.05) is 36.4 Å². The van der Waals surface area contributed by atoms with Gasteiger partial charge in [-0.05, 0) is 24.6 Å². The quantitative estimate of drug-likeness (QED) is 0.435. The average Bonchev–Trinajstić information content (AvgIpc) is 3.00. The third-order valence-electron chi connectivity index (χ3n) is 4.21. The van der Waals surface area contributed by atoms with Crippen LogP contribution in [0.3, 0.4) is 0 Å². The molecule has 0 aliphatic carbocycles. The van der Waals surface area contributed by atoms with Gasteiger partial charge in [0.25, 0.3) is 11.8 Å². The van der Waals surface area contributed by atoms with Gasteiger partial charge in [0.15, 0.2) is 5.69 Å². The average molecular weight is 329 g/mol. The van der Waals surface area contributed by atoms with E-state index in [4.69, 9.17) is 8.83 Å². The van der Waals surface area contributed by atoms with Gasteiger partial charge >= 0.3 is 5.63 Å². The SMILES string of the molecule is Cc1cccc2cc(-c3nnc4c5ccccc5nc-4o3)c(=O)oc12. The molecule has 2 aliphatic rings. The maximum Gasteiger partial charge on any atom is 0.349 e. The summed E-state index contributed by atoms with van der Waals surface area (Å²) >= 11 is 0. The van der Waals surface area contributed by atoms with Crippen LogP contribution in [-0.4, -0.2) is 15.2 Å². The van der Waals surface area contributed by atoms with Crippen LogP contribution in [0.4, 0.5) is 0 Å². The van der Waals surface area contributed by atoms with Gasteiger partial charge in [0, 0.05) is 10.8 Å². The van der Waals surface area contributed by atoms with Crippen LogP contribution in [0.15, 0.2) is 62.2 Å². The Bertz CT molecular complexity index is 1290. The molecule has 2 aromatic carbocycles. The van der Waals surface area contributed by atoms with E-state index in [9.17, 15) is 4.79 Å². The molecule has 0 saturated heterocycles. The van der Waals surface area contributed by atoms with E-state index in [1.54, 1.807) is 6.07 Å². The van der Waals surface area contributed by atoms with Gasteiger partial charge in [-0.15, -0.1) is 10.2 Å². The molecule has 3 heterocycles. The number of aryl methyl sites for hydroxylation is 1. The highest BCUT2D eigenvalue weighted by Crippen LogP contribution is 2.31. The molecular formula is C19H11N3O3. The lowest BCUT2D eigenvalue weighted by Gasteiger charge is -2.03. The highest BCUT2D eigenvalue weighted by Gasteiger charge is 2.20. The Morgan fingerprint density at radius 1 is 0.920 bits per heavy atom. The summed E-state index contributed by atoms with van der Waals surface area (Å²) in [5.74, 6) is 0.433. The van der Waals surface area contributed by atoms with E-state index in [-0.39, 0.29) is 11.5 Å². The Kier molecular flexibility index (Phi) is 2.76. The Morgan fingerprint density at radius 3 is 2.72 bits per heavy atom. The second kappa shape index (κ2) is 4.98. The maximum atomic E-state index is 12.4. The van der Waals surface area contributed by atoms with Gasteiger partial charge in [-0.3, -0.25) is 0 Å². The predicted octanol–water partition coefficient (Wildman–Crippen LogP) is 3.80. The molecule has 1 aromatic heterocycles. The number of fused-ring (bicyclic) bond motifs is 4. The van der Waals surface area contributed by atoms with Crippen molar-refractivity contribution in [3.8, 4) is 23.0 Å². The van der Waals surface area contributed by atoms with E-state index in [0.29, 0.717) is 17.2 Å². The molecule has 0 amide bonds. The summed E-state index contributed by atoms with van der Waals surface area (Å²) in [7, 11) is 0. The van der Waals surface area contributed by atoms with E-state index >= 15 is 0 Å². The van der Waals surface area contributed by atoms with Crippen molar-refractivity contribution in [2.45, 2.75) is 6.92 Å². The van der Waals surface area contributed by atoms with E-state index in [0.717, 1.165) is 21.9 Å². The van der Waals surface area contributed by atoms with Crippen molar-refractivity contribution in [1.29, 1.82) is 0 Å². The molecule has 0 bridgehead atoms. The van der Waals surface area contributed by atoms with Crippen LogP contribution in [0.1, 0.15) is 5.56 Å². The molecule has 0 radical (unpaired) electrons. The summed E-state index contributed by atoms with van der Waals surface area (Å²) in [6.07, 6.45) is 0. The van der Waals surface area contributed by atoms with Crippen LogP contribution in [-0.2, 0) is 0 Å². The second-order valence-electron chi connectivity index (χ2n) is 5.83. The Morgan fingerprint density at radius 2 is 1.80 bits per heavy atom. The first-order valence-corrected chi connectivity index (χ1v) is 7.76. The zero-order valence-electron chi connectivity index (χ0n) is 13.2. The number of rotatable bonds is 1. The molecule has 3 aromatic rings. The molecule has 0 fully saturated rings. The van der Waals surface area contributed by atoms with Crippen molar-refractivity contribution >= 4 is 21.9 Å². The number of hydrogen-bond acceptors (Lipinski definition) is 6. The Hall–Kier alpha value is -3.54. The lowest BCUT2D eigenvalue weighted by Crippen LogP contribution is -2.05.